The number of fused-ring (bicyclic) bond motifs is 1. The number of aliphatic hydroxyl groups excluding tert-OH is 1. The Bertz CT molecular complexity index is 440. The fourth-order valence-corrected chi connectivity index (χ4v) is 3.80. The minimum absolute atomic E-state index is 0.0575. The standard InChI is InChI=1S/C16H24FNOS/c1-3-16(4-2,11-19)10-18-14-7-8-20-15-6-5-12(17)9-13(14)15/h5-6,9,14,18-19H,3-4,7-8,10-11H2,1-2H3. The predicted octanol–water partition coefficient (Wildman–Crippen LogP) is 3.75. The number of hydrogen-bond acceptors (Lipinski definition) is 3. The van der Waals surface area contributed by atoms with E-state index in [4.69, 9.17) is 0 Å². The van der Waals surface area contributed by atoms with E-state index in [9.17, 15) is 9.50 Å². The van der Waals surface area contributed by atoms with E-state index >= 15 is 0 Å². The molecule has 112 valence electrons. The number of nitrogens with one attached hydrogen (secondary N) is 1. The smallest absolute Gasteiger partial charge is 0.123 e. The van der Waals surface area contributed by atoms with Crippen LogP contribution in [0.1, 0.15) is 44.7 Å². The van der Waals surface area contributed by atoms with Crippen molar-refractivity contribution in [1.29, 1.82) is 0 Å². The van der Waals surface area contributed by atoms with Crippen LogP contribution >= 0.6 is 11.8 Å². The lowest BCUT2D eigenvalue weighted by Crippen LogP contribution is -2.39. The van der Waals surface area contributed by atoms with Crippen LogP contribution < -0.4 is 5.32 Å². The molecular weight excluding hydrogens is 273 g/mol. The molecule has 2 nitrogen and oxygen atoms in total. The number of halogens is 1. The second-order valence-electron chi connectivity index (χ2n) is 5.62. The summed E-state index contributed by atoms with van der Waals surface area (Å²) < 4.78 is 13.5. The van der Waals surface area contributed by atoms with Gasteiger partial charge in [-0.25, -0.2) is 4.39 Å². The molecule has 0 saturated carbocycles. The van der Waals surface area contributed by atoms with Gasteiger partial charge in [0.25, 0.3) is 0 Å². The van der Waals surface area contributed by atoms with Crippen molar-refractivity contribution in [3.63, 3.8) is 0 Å². The summed E-state index contributed by atoms with van der Waals surface area (Å²) in [6.45, 7) is 5.21. The van der Waals surface area contributed by atoms with Crippen LogP contribution in [0.3, 0.4) is 0 Å². The van der Waals surface area contributed by atoms with Gasteiger partial charge in [-0.1, -0.05) is 13.8 Å². The van der Waals surface area contributed by atoms with Crippen LogP contribution in [0.4, 0.5) is 4.39 Å². The van der Waals surface area contributed by atoms with Crippen LogP contribution in [-0.2, 0) is 0 Å². The van der Waals surface area contributed by atoms with E-state index in [2.05, 4.69) is 19.2 Å². The van der Waals surface area contributed by atoms with Crippen molar-refractivity contribution in [3.8, 4) is 0 Å². The van der Waals surface area contributed by atoms with Crippen LogP contribution in [0.2, 0.25) is 0 Å². The average molecular weight is 297 g/mol. The highest BCUT2D eigenvalue weighted by Crippen LogP contribution is 2.37. The molecule has 1 heterocycles. The SMILES string of the molecule is CCC(CC)(CO)CNC1CCSc2ccc(F)cc21. The molecule has 20 heavy (non-hydrogen) atoms. The summed E-state index contributed by atoms with van der Waals surface area (Å²) >= 11 is 1.80. The highest BCUT2D eigenvalue weighted by atomic mass is 32.2. The number of thioether (sulfide) groups is 1. The third-order valence-corrected chi connectivity index (χ3v) is 5.69. The Morgan fingerprint density at radius 1 is 1.40 bits per heavy atom. The zero-order valence-electron chi connectivity index (χ0n) is 12.3. The maximum atomic E-state index is 13.5. The summed E-state index contributed by atoms with van der Waals surface area (Å²) in [7, 11) is 0. The van der Waals surface area contributed by atoms with E-state index in [0.717, 1.165) is 37.1 Å². The Morgan fingerprint density at radius 3 is 2.80 bits per heavy atom. The van der Waals surface area contributed by atoms with Crippen LogP contribution in [0.15, 0.2) is 23.1 Å². The zero-order valence-corrected chi connectivity index (χ0v) is 13.1. The molecule has 1 unspecified atom stereocenters. The molecule has 0 fully saturated rings. The van der Waals surface area contributed by atoms with E-state index in [1.54, 1.807) is 17.8 Å². The molecule has 1 atom stereocenters. The van der Waals surface area contributed by atoms with Gasteiger partial charge in [0.1, 0.15) is 5.82 Å². The van der Waals surface area contributed by atoms with Crippen molar-refractivity contribution < 1.29 is 9.50 Å². The van der Waals surface area contributed by atoms with Gasteiger partial charge in [0.15, 0.2) is 0 Å². The molecule has 0 spiro atoms. The van der Waals surface area contributed by atoms with Crippen molar-refractivity contribution in [3.05, 3.63) is 29.6 Å². The first-order valence-corrected chi connectivity index (χ1v) is 8.39. The Balaban J connectivity index is 2.10. The Labute approximate surface area is 125 Å². The van der Waals surface area contributed by atoms with E-state index in [-0.39, 0.29) is 23.9 Å². The molecule has 4 heteroatoms. The molecule has 2 N–H and O–H groups in total. The van der Waals surface area contributed by atoms with Crippen LogP contribution in [0, 0.1) is 11.2 Å². The molecule has 0 amide bonds. The Kier molecular flexibility index (Phi) is 5.47. The largest absolute Gasteiger partial charge is 0.396 e. The lowest BCUT2D eigenvalue weighted by atomic mass is 9.83. The molecule has 0 aliphatic carbocycles. The number of benzene rings is 1. The summed E-state index contributed by atoms with van der Waals surface area (Å²) in [4.78, 5) is 1.18. The quantitative estimate of drug-likeness (QED) is 0.838. The molecule has 1 aliphatic heterocycles. The fourth-order valence-electron chi connectivity index (χ4n) is 2.70. The van der Waals surface area contributed by atoms with E-state index in [1.165, 1.54) is 11.0 Å². The van der Waals surface area contributed by atoms with Crippen molar-refractivity contribution in [2.24, 2.45) is 5.41 Å². The first-order valence-electron chi connectivity index (χ1n) is 7.40. The summed E-state index contributed by atoms with van der Waals surface area (Å²) in [5, 5.41) is 13.2. The molecule has 1 aromatic carbocycles. The lowest BCUT2D eigenvalue weighted by Gasteiger charge is -2.34. The van der Waals surface area contributed by atoms with Crippen molar-refractivity contribution in [2.45, 2.75) is 44.0 Å². The van der Waals surface area contributed by atoms with Gasteiger partial charge in [-0.3, -0.25) is 0 Å². The second kappa shape index (κ2) is 6.92. The molecule has 0 bridgehead atoms. The number of rotatable bonds is 6. The van der Waals surface area contributed by atoms with Gasteiger partial charge in [0, 0.05) is 29.5 Å². The third kappa shape index (κ3) is 3.35. The Morgan fingerprint density at radius 2 is 2.15 bits per heavy atom. The minimum atomic E-state index is -0.169. The maximum Gasteiger partial charge on any atom is 0.123 e. The number of aliphatic hydroxyl groups is 1. The third-order valence-electron chi connectivity index (χ3n) is 4.57. The summed E-state index contributed by atoms with van der Waals surface area (Å²) in [5.41, 5.74) is 1.01. The van der Waals surface area contributed by atoms with Crippen molar-refractivity contribution in [2.75, 3.05) is 18.9 Å². The second-order valence-corrected chi connectivity index (χ2v) is 6.75. The van der Waals surface area contributed by atoms with Gasteiger partial charge in [-0.15, -0.1) is 11.8 Å². The zero-order chi connectivity index (χ0) is 14.6. The highest BCUT2D eigenvalue weighted by molar-refractivity contribution is 7.99. The molecule has 0 aromatic heterocycles. The van der Waals surface area contributed by atoms with Gasteiger partial charge in [-0.05, 0) is 48.8 Å². The Hall–Kier alpha value is -0.580. The molecule has 0 radical (unpaired) electrons. The topological polar surface area (TPSA) is 32.3 Å². The molecule has 2 rings (SSSR count). The summed E-state index contributed by atoms with van der Waals surface area (Å²) in [6, 6.07) is 5.26. The van der Waals surface area contributed by atoms with Gasteiger partial charge in [-0.2, -0.15) is 0 Å². The average Bonchev–Trinajstić information content (AvgIpc) is 2.49. The first kappa shape index (κ1) is 15.8. The highest BCUT2D eigenvalue weighted by Gasteiger charge is 2.28. The van der Waals surface area contributed by atoms with Gasteiger partial charge in [0.2, 0.25) is 0 Å². The summed E-state index contributed by atoms with van der Waals surface area (Å²) in [5.74, 6) is 0.887. The van der Waals surface area contributed by atoms with E-state index < -0.39 is 0 Å². The summed E-state index contributed by atoms with van der Waals surface area (Å²) in [6.07, 6.45) is 2.91. The number of hydrogen-bond donors (Lipinski definition) is 2. The molecule has 0 saturated heterocycles. The van der Waals surface area contributed by atoms with Crippen LogP contribution in [0.25, 0.3) is 0 Å². The molecular formula is C16H24FNOS. The van der Waals surface area contributed by atoms with Crippen molar-refractivity contribution >= 4 is 11.8 Å². The lowest BCUT2D eigenvalue weighted by molar-refractivity contribution is 0.109. The minimum Gasteiger partial charge on any atom is -0.396 e. The monoisotopic (exact) mass is 297 g/mol. The van der Waals surface area contributed by atoms with Gasteiger partial charge < -0.3 is 10.4 Å². The normalized spacial score (nSPS) is 18.9. The maximum absolute atomic E-state index is 13.5. The van der Waals surface area contributed by atoms with Crippen LogP contribution in [0.5, 0.6) is 0 Å². The predicted molar refractivity (Wildman–Crippen MR) is 82.6 cm³/mol. The van der Waals surface area contributed by atoms with Gasteiger partial charge >= 0.3 is 0 Å². The van der Waals surface area contributed by atoms with Crippen molar-refractivity contribution in [1.82, 2.24) is 5.32 Å². The van der Waals surface area contributed by atoms with Gasteiger partial charge in [0.05, 0.1) is 0 Å². The molecule has 1 aliphatic rings. The first-order chi connectivity index (χ1) is 9.64. The van der Waals surface area contributed by atoms with Crippen LogP contribution in [-0.4, -0.2) is 24.0 Å². The van der Waals surface area contributed by atoms with E-state index in [1.807, 2.05) is 6.07 Å². The van der Waals surface area contributed by atoms with E-state index in [0.29, 0.717) is 0 Å². The molecule has 1 aromatic rings. The fraction of sp³-hybridized carbons (Fsp3) is 0.625.